The van der Waals surface area contributed by atoms with Gasteiger partial charge in [0.1, 0.15) is 11.6 Å². The lowest BCUT2D eigenvalue weighted by Crippen LogP contribution is -2.20. The highest BCUT2D eigenvalue weighted by Gasteiger charge is 2.28. The van der Waals surface area contributed by atoms with Gasteiger partial charge in [-0.25, -0.2) is 17.6 Å². The lowest BCUT2D eigenvalue weighted by atomic mass is 9.76. The zero-order valence-electron chi connectivity index (χ0n) is 16.9. The van der Waals surface area contributed by atoms with E-state index < -0.39 is 23.3 Å². The van der Waals surface area contributed by atoms with Gasteiger partial charge in [-0.3, -0.25) is 4.79 Å². The SMILES string of the molecule is O=C(CC1CCC(c2ccc(-c3cc(F)c(F)c(F)c3)c(F)c2)CC1)C1CCCC1. The third-order valence-electron chi connectivity index (χ3n) is 6.91. The third-order valence-corrected chi connectivity index (χ3v) is 6.91. The predicted molar refractivity (Wildman–Crippen MR) is 108 cm³/mol. The molecule has 0 radical (unpaired) electrons. The van der Waals surface area contributed by atoms with Gasteiger partial charge < -0.3 is 0 Å². The van der Waals surface area contributed by atoms with Crippen LogP contribution in [0.25, 0.3) is 11.1 Å². The normalized spacial score (nSPS) is 22.4. The first-order valence-electron chi connectivity index (χ1n) is 10.9. The molecule has 0 aliphatic heterocycles. The van der Waals surface area contributed by atoms with Crippen molar-refractivity contribution >= 4 is 5.78 Å². The number of carbonyl (C=O) groups is 1. The fourth-order valence-electron chi connectivity index (χ4n) is 5.13. The van der Waals surface area contributed by atoms with Gasteiger partial charge in [0, 0.05) is 17.9 Å². The molecule has 0 heterocycles. The van der Waals surface area contributed by atoms with E-state index in [0.29, 0.717) is 18.1 Å². The Kier molecular flexibility index (Phi) is 6.26. The average Bonchev–Trinajstić information content (AvgIpc) is 3.27. The van der Waals surface area contributed by atoms with Gasteiger partial charge in [-0.2, -0.15) is 0 Å². The smallest absolute Gasteiger partial charge is 0.194 e. The van der Waals surface area contributed by atoms with Crippen LogP contribution in [-0.4, -0.2) is 5.78 Å². The van der Waals surface area contributed by atoms with Gasteiger partial charge in [0.05, 0.1) is 0 Å². The topological polar surface area (TPSA) is 17.1 Å². The van der Waals surface area contributed by atoms with Gasteiger partial charge >= 0.3 is 0 Å². The lowest BCUT2D eigenvalue weighted by Gasteiger charge is -2.29. The minimum atomic E-state index is -1.56. The Morgan fingerprint density at radius 3 is 2.03 bits per heavy atom. The molecule has 2 saturated carbocycles. The van der Waals surface area contributed by atoms with Crippen LogP contribution in [0.1, 0.15) is 69.3 Å². The van der Waals surface area contributed by atoms with Crippen molar-refractivity contribution < 1.29 is 22.4 Å². The Bertz CT molecular complexity index is 902. The Hall–Kier alpha value is -2.17. The zero-order valence-corrected chi connectivity index (χ0v) is 16.9. The maximum Gasteiger partial charge on any atom is 0.194 e. The second-order valence-electron chi connectivity index (χ2n) is 8.86. The molecule has 160 valence electrons. The van der Waals surface area contributed by atoms with Crippen LogP contribution in [0, 0.1) is 35.1 Å². The summed E-state index contributed by atoms with van der Waals surface area (Å²) in [5.74, 6) is -3.47. The molecule has 0 unspecified atom stereocenters. The molecule has 0 saturated heterocycles. The minimum absolute atomic E-state index is 0.0235. The van der Waals surface area contributed by atoms with Gasteiger partial charge in [0.15, 0.2) is 17.5 Å². The number of Topliss-reactive ketones (excluding diaryl/α,β-unsaturated/α-hetero) is 1. The van der Waals surface area contributed by atoms with Crippen molar-refractivity contribution in [1.29, 1.82) is 0 Å². The summed E-state index contributed by atoms with van der Waals surface area (Å²) in [5.41, 5.74) is 0.886. The molecular weight excluding hydrogens is 392 g/mol. The van der Waals surface area contributed by atoms with Gasteiger partial charge in [-0.05, 0) is 79.7 Å². The molecule has 0 N–H and O–H groups in total. The summed E-state index contributed by atoms with van der Waals surface area (Å²) in [6, 6.07) is 6.33. The fourth-order valence-corrected chi connectivity index (χ4v) is 5.13. The van der Waals surface area contributed by atoms with Gasteiger partial charge in [-0.1, -0.05) is 25.0 Å². The second kappa shape index (κ2) is 8.91. The molecule has 0 bridgehead atoms. The number of rotatable bonds is 5. The van der Waals surface area contributed by atoms with Crippen molar-refractivity contribution in [3.05, 3.63) is 59.2 Å². The van der Waals surface area contributed by atoms with E-state index in [-0.39, 0.29) is 23.0 Å². The largest absolute Gasteiger partial charge is 0.299 e. The van der Waals surface area contributed by atoms with Crippen LogP contribution in [0.15, 0.2) is 30.3 Å². The Morgan fingerprint density at radius 2 is 1.43 bits per heavy atom. The van der Waals surface area contributed by atoms with E-state index in [1.54, 1.807) is 6.07 Å². The number of hydrogen-bond donors (Lipinski definition) is 0. The molecule has 0 spiro atoms. The van der Waals surface area contributed by atoms with Crippen molar-refractivity contribution in [1.82, 2.24) is 0 Å². The van der Waals surface area contributed by atoms with E-state index in [9.17, 15) is 22.4 Å². The Morgan fingerprint density at radius 1 is 0.800 bits per heavy atom. The van der Waals surface area contributed by atoms with E-state index in [0.717, 1.165) is 56.2 Å². The molecule has 5 heteroatoms. The summed E-state index contributed by atoms with van der Waals surface area (Å²) < 4.78 is 54.8. The van der Waals surface area contributed by atoms with Crippen molar-refractivity contribution in [2.45, 2.75) is 63.7 Å². The maximum atomic E-state index is 14.7. The summed E-state index contributed by atoms with van der Waals surface area (Å²) in [6.07, 6.45) is 8.82. The van der Waals surface area contributed by atoms with Gasteiger partial charge in [0.2, 0.25) is 0 Å². The summed E-state index contributed by atoms with van der Waals surface area (Å²) in [5, 5.41) is 0. The van der Waals surface area contributed by atoms with Crippen molar-refractivity contribution in [3.63, 3.8) is 0 Å². The van der Waals surface area contributed by atoms with Gasteiger partial charge in [-0.15, -0.1) is 0 Å². The highest BCUT2D eigenvalue weighted by atomic mass is 19.2. The van der Waals surface area contributed by atoms with Crippen molar-refractivity contribution in [2.75, 3.05) is 0 Å². The van der Waals surface area contributed by atoms with Crippen molar-refractivity contribution in [3.8, 4) is 11.1 Å². The molecule has 2 aromatic carbocycles. The maximum absolute atomic E-state index is 14.7. The Labute approximate surface area is 174 Å². The summed E-state index contributed by atoms with van der Waals surface area (Å²) in [6.45, 7) is 0. The third kappa shape index (κ3) is 4.45. The number of carbonyl (C=O) groups excluding carboxylic acids is 1. The van der Waals surface area contributed by atoms with E-state index in [4.69, 9.17) is 0 Å². The van der Waals surface area contributed by atoms with E-state index in [1.807, 2.05) is 0 Å². The van der Waals surface area contributed by atoms with Crippen LogP contribution in [0.3, 0.4) is 0 Å². The first-order valence-corrected chi connectivity index (χ1v) is 10.9. The summed E-state index contributed by atoms with van der Waals surface area (Å²) >= 11 is 0. The lowest BCUT2D eigenvalue weighted by molar-refractivity contribution is -0.123. The second-order valence-corrected chi connectivity index (χ2v) is 8.86. The average molecular weight is 418 g/mol. The summed E-state index contributed by atoms with van der Waals surface area (Å²) in [4.78, 5) is 12.4. The van der Waals surface area contributed by atoms with E-state index >= 15 is 0 Å². The number of halogens is 4. The molecule has 0 atom stereocenters. The van der Waals surface area contributed by atoms with Crippen LogP contribution in [0.4, 0.5) is 17.6 Å². The quantitative estimate of drug-likeness (QED) is 0.367. The van der Waals surface area contributed by atoms with Gasteiger partial charge in [0.25, 0.3) is 0 Å². The van der Waals surface area contributed by atoms with E-state index in [1.165, 1.54) is 25.0 Å². The first kappa shape index (κ1) is 21.1. The summed E-state index contributed by atoms with van der Waals surface area (Å²) in [7, 11) is 0. The molecule has 2 aromatic rings. The highest BCUT2D eigenvalue weighted by Crippen LogP contribution is 2.39. The number of benzene rings is 2. The monoisotopic (exact) mass is 418 g/mol. The molecule has 1 nitrogen and oxygen atoms in total. The van der Waals surface area contributed by atoms with Crippen LogP contribution >= 0.6 is 0 Å². The fraction of sp³-hybridized carbons (Fsp3) is 0.480. The van der Waals surface area contributed by atoms with Crippen LogP contribution in [0.5, 0.6) is 0 Å². The van der Waals surface area contributed by atoms with Crippen LogP contribution in [0.2, 0.25) is 0 Å². The van der Waals surface area contributed by atoms with Crippen molar-refractivity contribution in [2.24, 2.45) is 11.8 Å². The van der Waals surface area contributed by atoms with Crippen LogP contribution < -0.4 is 0 Å². The zero-order chi connectivity index (χ0) is 21.3. The molecule has 30 heavy (non-hydrogen) atoms. The standard InChI is InChI=1S/C25H26F4O/c26-21-12-18(9-10-20(21)19-13-22(27)25(29)23(28)14-19)16-7-5-15(6-8-16)11-24(30)17-3-1-2-4-17/h9-10,12-17H,1-8,11H2. The minimum Gasteiger partial charge on any atom is -0.299 e. The first-order chi connectivity index (χ1) is 14.4. The molecule has 0 aromatic heterocycles. The molecule has 2 aliphatic rings. The number of hydrogen-bond acceptors (Lipinski definition) is 1. The number of ketones is 1. The highest BCUT2D eigenvalue weighted by molar-refractivity contribution is 5.81. The molecule has 0 amide bonds. The van der Waals surface area contributed by atoms with E-state index in [2.05, 4.69) is 0 Å². The molecule has 2 aliphatic carbocycles. The predicted octanol–water partition coefficient (Wildman–Crippen LogP) is 7.33. The van der Waals surface area contributed by atoms with Crippen LogP contribution in [-0.2, 0) is 4.79 Å². The molecular formula is C25H26F4O. The molecule has 4 rings (SSSR count). The molecule has 2 fully saturated rings. The Balaban J connectivity index is 1.40.